The van der Waals surface area contributed by atoms with Gasteiger partial charge in [0.25, 0.3) is 5.91 Å². The van der Waals surface area contributed by atoms with Crippen LogP contribution in [0.5, 0.6) is 0 Å². The number of piperidine rings is 1. The number of benzene rings is 1. The number of nitrogens with zero attached hydrogens (tertiary/aromatic N) is 5. The number of halogens is 3. The Kier molecular flexibility index (Phi) is 6.46. The maximum absolute atomic E-state index is 12.7. The number of alkyl halides is 3. The molecule has 0 atom stereocenters. The van der Waals surface area contributed by atoms with Crippen molar-refractivity contribution in [3.05, 3.63) is 77.2 Å². The molecule has 9 nitrogen and oxygen atoms in total. The van der Waals surface area contributed by atoms with Crippen molar-refractivity contribution in [1.82, 2.24) is 30.1 Å². The molecule has 5 rings (SSSR count). The maximum Gasteiger partial charge on any atom is 0.471 e. The first kappa shape index (κ1) is 23.9. The number of aromatic nitrogens is 4. The summed E-state index contributed by atoms with van der Waals surface area (Å²) in [6.07, 6.45) is 0.935. The number of carbonyl (C=O) groups excluding carboxylic acids is 1. The molecule has 4 heterocycles. The van der Waals surface area contributed by atoms with Gasteiger partial charge in [-0.05, 0) is 67.2 Å². The number of hydrogen-bond donors (Lipinski definition) is 2. The van der Waals surface area contributed by atoms with E-state index >= 15 is 0 Å². The molecule has 0 saturated carbocycles. The van der Waals surface area contributed by atoms with Gasteiger partial charge in [-0.2, -0.15) is 18.2 Å². The molecule has 0 bridgehead atoms. The molecule has 0 unspecified atom stereocenters. The zero-order valence-corrected chi connectivity index (χ0v) is 19.1. The number of fused-ring (bicyclic) bond motifs is 1. The number of rotatable bonds is 6. The summed E-state index contributed by atoms with van der Waals surface area (Å²) in [5, 5.41) is 13.2. The number of nitrogens with one attached hydrogen (secondary N) is 1. The van der Waals surface area contributed by atoms with Gasteiger partial charge in [0.05, 0.1) is 6.54 Å². The number of amides is 1. The van der Waals surface area contributed by atoms with E-state index in [0.717, 1.165) is 35.0 Å². The van der Waals surface area contributed by atoms with Gasteiger partial charge in [0.15, 0.2) is 5.82 Å². The third-order valence-electron chi connectivity index (χ3n) is 6.43. The highest BCUT2D eigenvalue weighted by Crippen LogP contribution is 2.31. The summed E-state index contributed by atoms with van der Waals surface area (Å²) >= 11 is 0. The molecule has 188 valence electrons. The molecule has 4 aromatic rings. The van der Waals surface area contributed by atoms with Crippen LogP contribution in [-0.2, 0) is 19.3 Å². The van der Waals surface area contributed by atoms with E-state index in [0.29, 0.717) is 31.1 Å². The highest BCUT2D eigenvalue weighted by Gasteiger charge is 2.38. The second-order valence-electron chi connectivity index (χ2n) is 8.83. The van der Waals surface area contributed by atoms with Crippen LogP contribution >= 0.6 is 0 Å². The quantitative estimate of drug-likeness (QED) is 0.304. The smallest absolute Gasteiger partial charge is 0.329 e. The summed E-state index contributed by atoms with van der Waals surface area (Å²) in [5.41, 5.74) is 4.97. The van der Waals surface area contributed by atoms with E-state index in [2.05, 4.69) is 20.7 Å². The average molecular weight is 500 g/mol. The molecule has 1 fully saturated rings. The molecule has 1 aromatic carbocycles. The van der Waals surface area contributed by atoms with Crippen LogP contribution in [0, 0.1) is 0 Å². The molecular formula is C24H23F3N6O3. The second kappa shape index (κ2) is 9.70. The van der Waals surface area contributed by atoms with Crippen LogP contribution in [0.25, 0.3) is 11.0 Å². The zero-order valence-electron chi connectivity index (χ0n) is 19.1. The molecule has 36 heavy (non-hydrogen) atoms. The summed E-state index contributed by atoms with van der Waals surface area (Å²) in [6, 6.07) is 11.1. The topological polar surface area (TPSA) is 109 Å². The summed E-state index contributed by atoms with van der Waals surface area (Å²) in [6.45, 7) is 2.23. The van der Waals surface area contributed by atoms with E-state index in [1.807, 2.05) is 40.1 Å². The fourth-order valence-electron chi connectivity index (χ4n) is 4.53. The van der Waals surface area contributed by atoms with Crippen molar-refractivity contribution < 1.29 is 27.7 Å². The SMILES string of the molecule is O=C(NO)c1ccc(Cn2ccc3cc(C4CCN(Cc5noc(C(F)(F)F)n5)CC4)cnc32)cc1. The first-order chi connectivity index (χ1) is 17.3. The van der Waals surface area contributed by atoms with Crippen LogP contribution in [0.4, 0.5) is 13.2 Å². The lowest BCUT2D eigenvalue weighted by Gasteiger charge is -2.31. The van der Waals surface area contributed by atoms with E-state index in [1.54, 1.807) is 17.6 Å². The number of pyridine rings is 1. The van der Waals surface area contributed by atoms with Gasteiger partial charge < -0.3 is 9.09 Å². The maximum atomic E-state index is 12.7. The molecule has 0 aliphatic carbocycles. The summed E-state index contributed by atoms with van der Waals surface area (Å²) in [7, 11) is 0. The van der Waals surface area contributed by atoms with Crippen LogP contribution in [0.1, 0.15) is 52.0 Å². The Labute approximate surface area is 203 Å². The fraction of sp³-hybridized carbons (Fsp3) is 0.333. The van der Waals surface area contributed by atoms with Crippen molar-refractivity contribution in [1.29, 1.82) is 0 Å². The predicted molar refractivity (Wildman–Crippen MR) is 121 cm³/mol. The minimum atomic E-state index is -4.63. The van der Waals surface area contributed by atoms with Gasteiger partial charge in [-0.15, -0.1) is 0 Å². The van der Waals surface area contributed by atoms with Crippen molar-refractivity contribution in [2.24, 2.45) is 0 Å². The van der Waals surface area contributed by atoms with Crippen molar-refractivity contribution in [3.8, 4) is 0 Å². The molecule has 12 heteroatoms. The first-order valence-corrected chi connectivity index (χ1v) is 11.4. The number of carbonyl (C=O) groups is 1. The van der Waals surface area contributed by atoms with E-state index < -0.39 is 18.0 Å². The fourth-order valence-corrected chi connectivity index (χ4v) is 4.53. The van der Waals surface area contributed by atoms with E-state index in [1.165, 1.54) is 0 Å². The summed E-state index contributed by atoms with van der Waals surface area (Å²) < 4.78 is 44.3. The van der Waals surface area contributed by atoms with Gasteiger partial charge >= 0.3 is 12.1 Å². The Hall–Kier alpha value is -3.77. The van der Waals surface area contributed by atoms with Crippen molar-refractivity contribution in [2.45, 2.75) is 38.0 Å². The summed E-state index contributed by atoms with van der Waals surface area (Å²) in [4.78, 5) is 21.7. The molecule has 2 N–H and O–H groups in total. The van der Waals surface area contributed by atoms with Crippen molar-refractivity contribution in [2.75, 3.05) is 13.1 Å². The molecule has 1 amide bonds. The second-order valence-corrected chi connectivity index (χ2v) is 8.83. The number of likely N-dealkylation sites (tertiary alicyclic amines) is 1. The van der Waals surface area contributed by atoms with Crippen molar-refractivity contribution >= 4 is 16.9 Å². The molecule has 0 radical (unpaired) electrons. The molecule has 3 aromatic heterocycles. The zero-order chi connectivity index (χ0) is 25.3. The third kappa shape index (κ3) is 5.09. The number of hydrogen-bond acceptors (Lipinski definition) is 7. The van der Waals surface area contributed by atoms with Crippen molar-refractivity contribution in [3.63, 3.8) is 0 Å². The Balaban J connectivity index is 1.20. The minimum Gasteiger partial charge on any atom is -0.329 e. The van der Waals surface area contributed by atoms with Gasteiger partial charge in [0.1, 0.15) is 5.65 Å². The lowest BCUT2D eigenvalue weighted by molar-refractivity contribution is -0.159. The predicted octanol–water partition coefficient (Wildman–Crippen LogP) is 3.99. The third-order valence-corrected chi connectivity index (χ3v) is 6.43. The standard InChI is InChI=1S/C24H23F3N6O3/c25-24(26,27)23-29-20(31-36-23)14-32-8-5-16(6-9-32)19-11-18-7-10-33(21(18)28-12-19)13-15-1-3-17(4-2-15)22(34)30-35/h1-4,7,10-12,16,35H,5-6,8-9,13-14H2,(H,30,34). The Morgan fingerprint density at radius 2 is 1.89 bits per heavy atom. The minimum absolute atomic E-state index is 0.0384. The Morgan fingerprint density at radius 1 is 1.14 bits per heavy atom. The Bertz CT molecular complexity index is 1360. The largest absolute Gasteiger partial charge is 0.471 e. The van der Waals surface area contributed by atoms with Crippen LogP contribution in [-0.4, -0.2) is 48.8 Å². The first-order valence-electron chi connectivity index (χ1n) is 11.4. The van der Waals surface area contributed by atoms with E-state index in [9.17, 15) is 18.0 Å². The molecular weight excluding hydrogens is 477 g/mol. The Morgan fingerprint density at radius 3 is 2.56 bits per heavy atom. The molecule has 1 aliphatic rings. The van der Waals surface area contributed by atoms with Crippen LogP contribution < -0.4 is 5.48 Å². The number of hydroxylamine groups is 1. The lowest BCUT2D eigenvalue weighted by Crippen LogP contribution is -2.32. The highest BCUT2D eigenvalue weighted by molar-refractivity contribution is 5.93. The van der Waals surface area contributed by atoms with Gasteiger partial charge in [-0.25, -0.2) is 10.5 Å². The van der Waals surface area contributed by atoms with Gasteiger partial charge in [-0.1, -0.05) is 17.3 Å². The van der Waals surface area contributed by atoms with Gasteiger partial charge in [-0.3, -0.25) is 14.9 Å². The van der Waals surface area contributed by atoms with E-state index in [4.69, 9.17) is 10.2 Å². The van der Waals surface area contributed by atoms with Gasteiger partial charge in [0.2, 0.25) is 0 Å². The van der Waals surface area contributed by atoms with Gasteiger partial charge in [0, 0.05) is 29.9 Å². The van der Waals surface area contributed by atoms with Crippen LogP contribution in [0.15, 0.2) is 53.3 Å². The summed E-state index contributed by atoms with van der Waals surface area (Å²) in [5.74, 6) is -1.53. The molecule has 0 spiro atoms. The highest BCUT2D eigenvalue weighted by atomic mass is 19.4. The molecule has 1 saturated heterocycles. The average Bonchev–Trinajstić information content (AvgIpc) is 3.51. The molecule has 1 aliphatic heterocycles. The van der Waals surface area contributed by atoms with E-state index in [-0.39, 0.29) is 12.4 Å². The normalized spacial score (nSPS) is 15.4. The monoisotopic (exact) mass is 500 g/mol. The van der Waals surface area contributed by atoms with Crippen LogP contribution in [0.3, 0.4) is 0 Å². The lowest BCUT2D eigenvalue weighted by atomic mass is 9.90. The van der Waals surface area contributed by atoms with Crippen LogP contribution in [0.2, 0.25) is 0 Å².